The Labute approximate surface area is 174 Å². The first-order valence-corrected chi connectivity index (χ1v) is 10.5. The SMILES string of the molecule is CCOC(=O)CCN1CCC[C@@H](NCc2ccccc2OC)[C@H]1c1ccccc1. The molecule has 1 saturated heterocycles. The van der Waals surface area contributed by atoms with Crippen LogP contribution in [0.4, 0.5) is 0 Å². The topological polar surface area (TPSA) is 50.8 Å². The van der Waals surface area contributed by atoms with Gasteiger partial charge in [-0.05, 0) is 37.9 Å². The van der Waals surface area contributed by atoms with Crippen molar-refractivity contribution in [3.8, 4) is 5.75 Å². The average molecular weight is 397 g/mol. The van der Waals surface area contributed by atoms with Crippen LogP contribution >= 0.6 is 0 Å². The van der Waals surface area contributed by atoms with Gasteiger partial charge in [0.25, 0.3) is 0 Å². The molecule has 5 nitrogen and oxygen atoms in total. The highest BCUT2D eigenvalue weighted by molar-refractivity contribution is 5.69. The smallest absolute Gasteiger partial charge is 0.307 e. The van der Waals surface area contributed by atoms with Crippen molar-refractivity contribution in [1.82, 2.24) is 10.2 Å². The summed E-state index contributed by atoms with van der Waals surface area (Å²) >= 11 is 0. The molecular formula is C24H32N2O3. The van der Waals surface area contributed by atoms with Crippen LogP contribution in [-0.4, -0.2) is 43.7 Å². The number of piperidine rings is 1. The van der Waals surface area contributed by atoms with Crippen LogP contribution < -0.4 is 10.1 Å². The van der Waals surface area contributed by atoms with Gasteiger partial charge in [-0.3, -0.25) is 9.69 Å². The van der Waals surface area contributed by atoms with Crippen molar-refractivity contribution in [2.75, 3.05) is 26.8 Å². The highest BCUT2D eigenvalue weighted by atomic mass is 16.5. The van der Waals surface area contributed by atoms with E-state index in [0.29, 0.717) is 25.6 Å². The molecule has 0 amide bonds. The quantitative estimate of drug-likeness (QED) is 0.651. The first kappa shape index (κ1) is 21.3. The van der Waals surface area contributed by atoms with Gasteiger partial charge in [-0.25, -0.2) is 0 Å². The van der Waals surface area contributed by atoms with Crippen molar-refractivity contribution in [3.63, 3.8) is 0 Å². The van der Waals surface area contributed by atoms with Crippen molar-refractivity contribution < 1.29 is 14.3 Å². The molecule has 0 radical (unpaired) electrons. The number of esters is 1. The zero-order valence-electron chi connectivity index (χ0n) is 17.5. The summed E-state index contributed by atoms with van der Waals surface area (Å²) in [4.78, 5) is 14.3. The molecule has 5 heteroatoms. The van der Waals surface area contributed by atoms with Gasteiger partial charge in [0.05, 0.1) is 26.2 Å². The normalized spacial score (nSPS) is 19.7. The number of carbonyl (C=O) groups is 1. The van der Waals surface area contributed by atoms with E-state index < -0.39 is 0 Å². The molecule has 2 atom stereocenters. The third kappa shape index (κ3) is 5.81. The van der Waals surface area contributed by atoms with Gasteiger partial charge in [0.15, 0.2) is 0 Å². The van der Waals surface area contributed by atoms with E-state index in [0.717, 1.165) is 37.2 Å². The first-order valence-electron chi connectivity index (χ1n) is 10.5. The van der Waals surface area contributed by atoms with Gasteiger partial charge in [0.1, 0.15) is 5.75 Å². The summed E-state index contributed by atoms with van der Waals surface area (Å²) in [5, 5.41) is 3.77. The van der Waals surface area contributed by atoms with Crippen molar-refractivity contribution in [3.05, 3.63) is 65.7 Å². The Hall–Kier alpha value is -2.37. The van der Waals surface area contributed by atoms with Crippen molar-refractivity contribution in [2.24, 2.45) is 0 Å². The van der Waals surface area contributed by atoms with Gasteiger partial charge in [-0.1, -0.05) is 48.5 Å². The highest BCUT2D eigenvalue weighted by Gasteiger charge is 2.32. The lowest BCUT2D eigenvalue weighted by Gasteiger charge is -2.42. The second-order valence-electron chi connectivity index (χ2n) is 7.39. The van der Waals surface area contributed by atoms with E-state index in [1.165, 1.54) is 5.56 Å². The largest absolute Gasteiger partial charge is 0.496 e. The number of hydrogen-bond acceptors (Lipinski definition) is 5. The molecule has 0 saturated carbocycles. The minimum absolute atomic E-state index is 0.122. The van der Waals surface area contributed by atoms with Crippen molar-refractivity contribution in [2.45, 2.75) is 44.8 Å². The summed E-state index contributed by atoms with van der Waals surface area (Å²) in [5.74, 6) is 0.787. The van der Waals surface area contributed by atoms with Crippen LogP contribution in [0.5, 0.6) is 5.75 Å². The minimum atomic E-state index is -0.122. The lowest BCUT2D eigenvalue weighted by atomic mass is 9.90. The van der Waals surface area contributed by atoms with Crippen molar-refractivity contribution in [1.29, 1.82) is 0 Å². The van der Waals surface area contributed by atoms with Gasteiger partial charge in [0.2, 0.25) is 0 Å². The fourth-order valence-corrected chi connectivity index (χ4v) is 4.18. The van der Waals surface area contributed by atoms with Crippen LogP contribution in [-0.2, 0) is 16.1 Å². The van der Waals surface area contributed by atoms with Crippen LogP contribution in [0.25, 0.3) is 0 Å². The zero-order valence-corrected chi connectivity index (χ0v) is 17.5. The summed E-state index contributed by atoms with van der Waals surface area (Å²) < 4.78 is 10.6. The molecule has 1 N–H and O–H groups in total. The predicted molar refractivity (Wildman–Crippen MR) is 115 cm³/mol. The third-order valence-corrected chi connectivity index (χ3v) is 5.53. The lowest BCUT2D eigenvalue weighted by molar-refractivity contribution is -0.143. The average Bonchev–Trinajstić information content (AvgIpc) is 2.77. The molecular weight excluding hydrogens is 364 g/mol. The van der Waals surface area contributed by atoms with Crippen molar-refractivity contribution >= 4 is 5.97 Å². The molecule has 0 aliphatic carbocycles. The third-order valence-electron chi connectivity index (χ3n) is 5.53. The molecule has 3 rings (SSSR count). The fraction of sp³-hybridized carbons (Fsp3) is 0.458. The van der Waals surface area contributed by atoms with Gasteiger partial charge in [0, 0.05) is 24.7 Å². The minimum Gasteiger partial charge on any atom is -0.496 e. The second-order valence-corrected chi connectivity index (χ2v) is 7.39. The molecule has 2 aromatic carbocycles. The van der Waals surface area contributed by atoms with Gasteiger partial charge in [-0.2, -0.15) is 0 Å². The van der Waals surface area contributed by atoms with E-state index >= 15 is 0 Å². The molecule has 0 unspecified atom stereocenters. The van der Waals surface area contributed by atoms with E-state index in [9.17, 15) is 4.79 Å². The molecule has 1 fully saturated rings. The molecule has 1 heterocycles. The lowest BCUT2D eigenvalue weighted by Crippen LogP contribution is -2.48. The van der Waals surface area contributed by atoms with Crippen LogP contribution in [0, 0.1) is 0 Å². The number of methoxy groups -OCH3 is 1. The second kappa shape index (κ2) is 11.0. The molecule has 0 bridgehead atoms. The summed E-state index contributed by atoms with van der Waals surface area (Å²) in [7, 11) is 1.71. The summed E-state index contributed by atoms with van der Waals surface area (Å²) in [5.41, 5.74) is 2.44. The molecule has 0 aromatic heterocycles. The fourth-order valence-electron chi connectivity index (χ4n) is 4.18. The van der Waals surface area contributed by atoms with E-state index in [2.05, 4.69) is 40.5 Å². The number of nitrogens with one attached hydrogen (secondary N) is 1. The first-order chi connectivity index (χ1) is 14.2. The van der Waals surface area contributed by atoms with Crippen LogP contribution in [0.2, 0.25) is 0 Å². The van der Waals surface area contributed by atoms with Crippen LogP contribution in [0.1, 0.15) is 43.4 Å². The Morgan fingerprint density at radius 1 is 1.14 bits per heavy atom. The van der Waals surface area contributed by atoms with Gasteiger partial charge >= 0.3 is 5.97 Å². The van der Waals surface area contributed by atoms with E-state index in [-0.39, 0.29) is 12.0 Å². The van der Waals surface area contributed by atoms with Crippen LogP contribution in [0.15, 0.2) is 54.6 Å². The zero-order chi connectivity index (χ0) is 20.5. The molecule has 1 aliphatic heterocycles. The van der Waals surface area contributed by atoms with E-state index in [4.69, 9.17) is 9.47 Å². The number of benzene rings is 2. The number of nitrogens with zero attached hydrogens (tertiary/aromatic N) is 1. The molecule has 2 aromatic rings. The summed E-state index contributed by atoms with van der Waals surface area (Å²) in [6, 6.07) is 19.3. The Bertz CT molecular complexity index is 766. The number of rotatable bonds is 9. The summed E-state index contributed by atoms with van der Waals surface area (Å²) in [6.45, 7) is 4.74. The summed E-state index contributed by atoms with van der Waals surface area (Å²) in [6.07, 6.45) is 2.64. The number of carbonyl (C=O) groups excluding carboxylic acids is 1. The molecule has 29 heavy (non-hydrogen) atoms. The molecule has 0 spiro atoms. The predicted octanol–water partition coefficient (Wildman–Crippen LogP) is 3.94. The molecule has 1 aliphatic rings. The van der Waals surface area contributed by atoms with E-state index in [1.54, 1.807) is 7.11 Å². The number of ether oxygens (including phenoxy) is 2. The van der Waals surface area contributed by atoms with E-state index in [1.807, 2.05) is 31.2 Å². The maximum absolute atomic E-state index is 11.9. The monoisotopic (exact) mass is 396 g/mol. The van der Waals surface area contributed by atoms with Crippen LogP contribution in [0.3, 0.4) is 0 Å². The Kier molecular flexibility index (Phi) is 8.08. The Morgan fingerprint density at radius 3 is 2.66 bits per heavy atom. The Morgan fingerprint density at radius 2 is 1.90 bits per heavy atom. The maximum Gasteiger partial charge on any atom is 0.307 e. The molecule has 156 valence electrons. The highest BCUT2D eigenvalue weighted by Crippen LogP contribution is 2.32. The van der Waals surface area contributed by atoms with Gasteiger partial charge < -0.3 is 14.8 Å². The van der Waals surface area contributed by atoms with Gasteiger partial charge in [-0.15, -0.1) is 0 Å². The number of para-hydroxylation sites is 1. The standard InChI is InChI=1S/C24H32N2O3/c1-3-29-23(27)15-17-26-16-9-13-21(24(26)19-10-5-4-6-11-19)25-18-20-12-7-8-14-22(20)28-2/h4-8,10-12,14,21,24-25H,3,9,13,15-18H2,1-2H3/t21-,24-/m1/s1. The number of hydrogen-bond donors (Lipinski definition) is 1. The number of likely N-dealkylation sites (tertiary alicyclic amines) is 1. The Balaban J connectivity index is 1.74. The maximum atomic E-state index is 11.9.